The molecular formula is C69H122O6. The fourth-order valence-electron chi connectivity index (χ4n) is 9.34. The molecule has 434 valence electrons. The molecule has 1 atom stereocenters. The quantitative estimate of drug-likeness (QED) is 0.0261. The van der Waals surface area contributed by atoms with Gasteiger partial charge in [-0.05, 0) is 83.5 Å². The van der Waals surface area contributed by atoms with E-state index in [0.29, 0.717) is 19.3 Å². The normalized spacial score (nSPS) is 12.5. The third-order valence-electron chi connectivity index (χ3n) is 14.2. The van der Waals surface area contributed by atoms with Crippen molar-refractivity contribution < 1.29 is 28.6 Å². The molecule has 6 heteroatoms. The lowest BCUT2D eigenvalue weighted by Gasteiger charge is -2.18. The number of unbranched alkanes of at least 4 members (excludes halogenated alkanes) is 36. The van der Waals surface area contributed by atoms with E-state index in [2.05, 4.69) is 93.7 Å². The summed E-state index contributed by atoms with van der Waals surface area (Å²) in [6, 6.07) is 0. The zero-order valence-corrected chi connectivity index (χ0v) is 49.8. The highest BCUT2D eigenvalue weighted by Crippen LogP contribution is 2.17. The van der Waals surface area contributed by atoms with Crippen LogP contribution in [0.3, 0.4) is 0 Å². The van der Waals surface area contributed by atoms with Crippen LogP contribution < -0.4 is 0 Å². The predicted molar refractivity (Wildman–Crippen MR) is 325 cm³/mol. The predicted octanol–water partition coefficient (Wildman–Crippen LogP) is 22.1. The van der Waals surface area contributed by atoms with E-state index in [1.165, 1.54) is 186 Å². The number of hydrogen-bond acceptors (Lipinski definition) is 6. The van der Waals surface area contributed by atoms with Crippen molar-refractivity contribution in [3.05, 3.63) is 72.9 Å². The molecule has 0 heterocycles. The van der Waals surface area contributed by atoms with Gasteiger partial charge in [0.25, 0.3) is 0 Å². The maximum absolute atomic E-state index is 12.9. The first-order chi connectivity index (χ1) is 37.0. The molecule has 0 bridgehead atoms. The summed E-state index contributed by atoms with van der Waals surface area (Å²) in [6.45, 7) is 6.52. The van der Waals surface area contributed by atoms with Crippen molar-refractivity contribution in [2.45, 2.75) is 335 Å². The lowest BCUT2D eigenvalue weighted by Crippen LogP contribution is -2.30. The van der Waals surface area contributed by atoms with Gasteiger partial charge in [-0.2, -0.15) is 0 Å². The smallest absolute Gasteiger partial charge is 0.306 e. The number of hydrogen-bond donors (Lipinski definition) is 0. The van der Waals surface area contributed by atoms with Crippen LogP contribution in [0.25, 0.3) is 0 Å². The van der Waals surface area contributed by atoms with Crippen LogP contribution in [0, 0.1) is 0 Å². The van der Waals surface area contributed by atoms with Crippen molar-refractivity contribution in [1.82, 2.24) is 0 Å². The molecule has 0 amide bonds. The molecule has 0 saturated heterocycles. The summed E-state index contributed by atoms with van der Waals surface area (Å²) < 4.78 is 16.9. The van der Waals surface area contributed by atoms with Gasteiger partial charge in [0.05, 0.1) is 0 Å². The monoisotopic (exact) mass is 1050 g/mol. The van der Waals surface area contributed by atoms with Gasteiger partial charge < -0.3 is 14.2 Å². The van der Waals surface area contributed by atoms with Gasteiger partial charge in [-0.15, -0.1) is 0 Å². The molecule has 6 nitrogen and oxygen atoms in total. The lowest BCUT2D eigenvalue weighted by atomic mass is 10.0. The number of ether oxygens (including phenoxy) is 3. The minimum atomic E-state index is -0.781. The van der Waals surface area contributed by atoms with E-state index < -0.39 is 6.10 Å². The second-order valence-electron chi connectivity index (χ2n) is 21.6. The summed E-state index contributed by atoms with van der Waals surface area (Å²) >= 11 is 0. The number of esters is 3. The Bertz CT molecular complexity index is 1390. The minimum Gasteiger partial charge on any atom is -0.462 e. The van der Waals surface area contributed by atoms with E-state index in [0.717, 1.165) is 103 Å². The van der Waals surface area contributed by atoms with Crippen LogP contribution in [0.15, 0.2) is 72.9 Å². The van der Waals surface area contributed by atoms with E-state index in [9.17, 15) is 14.4 Å². The van der Waals surface area contributed by atoms with Gasteiger partial charge in [0.15, 0.2) is 6.10 Å². The van der Waals surface area contributed by atoms with Crippen LogP contribution in [-0.4, -0.2) is 37.2 Å². The van der Waals surface area contributed by atoms with Gasteiger partial charge in [-0.1, -0.05) is 299 Å². The Morgan fingerprint density at radius 3 is 0.853 bits per heavy atom. The molecule has 75 heavy (non-hydrogen) atoms. The minimum absolute atomic E-state index is 0.0775. The Hall–Kier alpha value is -3.15. The molecule has 0 aromatic carbocycles. The third-order valence-corrected chi connectivity index (χ3v) is 14.2. The summed E-state index contributed by atoms with van der Waals surface area (Å²) in [4.78, 5) is 38.3. The Labute approximate surface area is 465 Å². The molecule has 0 aliphatic rings. The first kappa shape index (κ1) is 71.8. The Balaban J connectivity index is 4.30. The molecule has 0 aromatic rings. The van der Waals surface area contributed by atoms with Crippen LogP contribution in [0.5, 0.6) is 0 Å². The highest BCUT2D eigenvalue weighted by Gasteiger charge is 2.19. The zero-order chi connectivity index (χ0) is 54.3. The fourth-order valence-corrected chi connectivity index (χ4v) is 9.34. The number of carbonyl (C=O) groups excluding carboxylic acids is 3. The number of rotatable bonds is 59. The van der Waals surface area contributed by atoms with Crippen molar-refractivity contribution in [2.24, 2.45) is 0 Å². The topological polar surface area (TPSA) is 78.9 Å². The van der Waals surface area contributed by atoms with Crippen molar-refractivity contribution >= 4 is 17.9 Å². The van der Waals surface area contributed by atoms with Crippen molar-refractivity contribution in [1.29, 1.82) is 0 Å². The molecule has 0 radical (unpaired) electrons. The zero-order valence-electron chi connectivity index (χ0n) is 49.8. The molecule has 0 fully saturated rings. The van der Waals surface area contributed by atoms with E-state index in [-0.39, 0.29) is 31.1 Å². The molecule has 0 spiro atoms. The van der Waals surface area contributed by atoms with Crippen molar-refractivity contribution in [3.8, 4) is 0 Å². The number of allylic oxidation sites excluding steroid dienone is 12. The van der Waals surface area contributed by atoms with Crippen LogP contribution in [-0.2, 0) is 28.6 Å². The first-order valence-electron chi connectivity index (χ1n) is 32.4. The van der Waals surface area contributed by atoms with Gasteiger partial charge in [0.2, 0.25) is 0 Å². The molecule has 0 rings (SSSR count). The average Bonchev–Trinajstić information content (AvgIpc) is 3.41. The summed E-state index contributed by atoms with van der Waals surface area (Å²) in [5.74, 6) is -0.876. The maximum atomic E-state index is 12.9. The fraction of sp³-hybridized carbons (Fsp3) is 0.783. The molecule has 1 unspecified atom stereocenters. The van der Waals surface area contributed by atoms with E-state index in [1.807, 2.05) is 0 Å². The maximum Gasteiger partial charge on any atom is 0.306 e. The first-order valence-corrected chi connectivity index (χ1v) is 32.4. The summed E-state index contributed by atoms with van der Waals surface area (Å²) in [5, 5.41) is 0. The second-order valence-corrected chi connectivity index (χ2v) is 21.6. The van der Waals surface area contributed by atoms with Crippen LogP contribution in [0.4, 0.5) is 0 Å². The Kier molecular flexibility index (Phi) is 60.7. The van der Waals surface area contributed by atoms with Gasteiger partial charge in [0.1, 0.15) is 13.2 Å². The molecule has 0 saturated carbocycles. The van der Waals surface area contributed by atoms with E-state index >= 15 is 0 Å². The SMILES string of the molecule is CC/C=C\C/C=C\C/C=C\C/C=C\CCCCCCCCCCCCCCC(=O)OCC(COC(=O)CCCCCCC/C=C\C/C=C\CCCC)OC(=O)CCCCCCCCCCCCCCCCCCCC. The van der Waals surface area contributed by atoms with Gasteiger partial charge >= 0.3 is 17.9 Å². The van der Waals surface area contributed by atoms with Crippen LogP contribution in [0.1, 0.15) is 329 Å². The van der Waals surface area contributed by atoms with Gasteiger partial charge in [-0.3, -0.25) is 14.4 Å². The summed E-state index contributed by atoms with van der Waals surface area (Å²) in [6.07, 6.45) is 81.9. The Morgan fingerprint density at radius 2 is 0.533 bits per heavy atom. The summed E-state index contributed by atoms with van der Waals surface area (Å²) in [5.41, 5.74) is 0. The van der Waals surface area contributed by atoms with Crippen molar-refractivity contribution in [3.63, 3.8) is 0 Å². The molecule has 0 aromatic heterocycles. The van der Waals surface area contributed by atoms with Crippen LogP contribution >= 0.6 is 0 Å². The molecule has 0 aliphatic heterocycles. The molecular weight excluding hydrogens is 925 g/mol. The average molecular weight is 1050 g/mol. The third kappa shape index (κ3) is 61.6. The highest BCUT2D eigenvalue weighted by atomic mass is 16.6. The number of carbonyl (C=O) groups is 3. The molecule has 0 aliphatic carbocycles. The van der Waals surface area contributed by atoms with Crippen molar-refractivity contribution in [2.75, 3.05) is 13.2 Å². The van der Waals surface area contributed by atoms with E-state index in [4.69, 9.17) is 14.2 Å². The standard InChI is InChI=1S/C69H122O6/c1-4-7-10-13-16-19-22-25-28-30-32-33-34-35-36-37-38-40-41-44-47-50-53-56-59-62-68(71)74-65-66(64-73-67(70)61-58-55-52-49-46-43-27-24-21-18-15-12-9-6-3)75-69(72)63-60-57-54-51-48-45-42-39-31-29-26-23-20-17-14-11-8-5-2/h7,10,15-16,18-19,24-25,27-28,32-33,66H,4-6,8-9,11-14,17,20-23,26,29-31,34-65H2,1-3H3/b10-7-,18-15-,19-16-,27-24-,28-25-,33-32-. The molecule has 0 N–H and O–H groups in total. The van der Waals surface area contributed by atoms with Gasteiger partial charge in [0, 0.05) is 19.3 Å². The highest BCUT2D eigenvalue weighted by molar-refractivity contribution is 5.71. The largest absolute Gasteiger partial charge is 0.462 e. The summed E-state index contributed by atoms with van der Waals surface area (Å²) in [7, 11) is 0. The second kappa shape index (κ2) is 63.4. The van der Waals surface area contributed by atoms with Gasteiger partial charge in [-0.25, -0.2) is 0 Å². The van der Waals surface area contributed by atoms with Crippen LogP contribution in [0.2, 0.25) is 0 Å². The van der Waals surface area contributed by atoms with E-state index in [1.54, 1.807) is 0 Å². The Morgan fingerprint density at radius 1 is 0.280 bits per heavy atom. The lowest BCUT2D eigenvalue weighted by molar-refractivity contribution is -0.167.